The third-order valence-corrected chi connectivity index (χ3v) is 7.50. The summed E-state index contributed by atoms with van der Waals surface area (Å²) in [6.07, 6.45) is 4.71. The number of nitrogens with zero attached hydrogens (tertiary/aromatic N) is 7. The fraction of sp³-hybridized carbons (Fsp3) is 0.258. The molecule has 6 rings (SSSR count). The van der Waals surface area contributed by atoms with Crippen molar-refractivity contribution >= 4 is 45.3 Å². The van der Waals surface area contributed by atoms with Crippen molar-refractivity contribution in [2.75, 3.05) is 29.9 Å². The van der Waals surface area contributed by atoms with Crippen LogP contribution in [0.4, 0.5) is 17.3 Å². The number of piperazine rings is 1. The van der Waals surface area contributed by atoms with E-state index >= 15 is 0 Å². The van der Waals surface area contributed by atoms with Gasteiger partial charge in [0.2, 0.25) is 5.91 Å². The maximum Gasteiger partial charge on any atom is 0.246 e. The minimum Gasteiger partial charge on any atom is -0.457 e. The quantitative estimate of drug-likeness (QED) is 0.283. The Hall–Kier alpha value is -4.99. The lowest BCUT2D eigenvalue weighted by molar-refractivity contribution is -0.131. The molecule has 2 aromatic carbocycles. The number of aryl methyl sites for hydroxylation is 2. The molecule has 10 heteroatoms. The second kappa shape index (κ2) is 10.2. The van der Waals surface area contributed by atoms with E-state index in [2.05, 4.69) is 45.6 Å². The summed E-state index contributed by atoms with van der Waals surface area (Å²) in [6.45, 7) is 11.7. The van der Waals surface area contributed by atoms with Crippen molar-refractivity contribution < 1.29 is 9.53 Å². The van der Waals surface area contributed by atoms with Crippen LogP contribution in [0.25, 0.3) is 22.1 Å². The molecule has 1 amide bonds. The molecular formula is C31H32N8O2. The largest absolute Gasteiger partial charge is 0.457 e. The maximum absolute atomic E-state index is 12.3. The average Bonchev–Trinajstić information content (AvgIpc) is 3.33. The fourth-order valence-electron chi connectivity index (χ4n) is 5.35. The van der Waals surface area contributed by atoms with E-state index in [1.54, 1.807) is 6.33 Å². The number of ether oxygens (including phenoxy) is 1. The zero-order chi connectivity index (χ0) is 28.7. The van der Waals surface area contributed by atoms with Crippen LogP contribution in [0.15, 0.2) is 73.8 Å². The van der Waals surface area contributed by atoms with E-state index in [9.17, 15) is 4.79 Å². The SMILES string of the molecule is C=CC(=O)N1CCN(c2ccc3ncnc(Nc4ccc(Oc5ccc6c(c5)ncn6C)c(C)c4)c3n2)CC1(C)C. The van der Waals surface area contributed by atoms with Gasteiger partial charge in [-0.3, -0.25) is 4.79 Å². The molecule has 0 aliphatic carbocycles. The van der Waals surface area contributed by atoms with Gasteiger partial charge in [0.1, 0.15) is 29.2 Å². The van der Waals surface area contributed by atoms with E-state index in [1.165, 1.54) is 12.4 Å². The molecule has 1 fully saturated rings. The normalized spacial score (nSPS) is 14.8. The van der Waals surface area contributed by atoms with Crippen molar-refractivity contribution in [3.8, 4) is 11.5 Å². The van der Waals surface area contributed by atoms with Crippen molar-refractivity contribution in [1.82, 2.24) is 29.4 Å². The molecule has 0 saturated carbocycles. The highest BCUT2D eigenvalue weighted by Crippen LogP contribution is 2.32. The Morgan fingerprint density at radius 1 is 1.05 bits per heavy atom. The van der Waals surface area contributed by atoms with E-state index in [0.29, 0.717) is 31.0 Å². The lowest BCUT2D eigenvalue weighted by Crippen LogP contribution is -2.61. The third kappa shape index (κ3) is 5.04. The van der Waals surface area contributed by atoms with Crippen molar-refractivity contribution in [1.29, 1.82) is 0 Å². The summed E-state index contributed by atoms with van der Waals surface area (Å²) >= 11 is 0. The first-order chi connectivity index (χ1) is 19.7. The second-order valence-corrected chi connectivity index (χ2v) is 10.9. The molecule has 0 atom stereocenters. The molecule has 41 heavy (non-hydrogen) atoms. The van der Waals surface area contributed by atoms with Crippen molar-refractivity contribution in [2.45, 2.75) is 26.3 Å². The lowest BCUT2D eigenvalue weighted by atomic mass is 9.98. The molecule has 5 aromatic rings. The number of carbonyl (C=O) groups is 1. The number of imidazole rings is 1. The van der Waals surface area contributed by atoms with Crippen LogP contribution in [0.2, 0.25) is 0 Å². The summed E-state index contributed by atoms with van der Waals surface area (Å²) < 4.78 is 8.16. The monoisotopic (exact) mass is 548 g/mol. The van der Waals surface area contributed by atoms with Gasteiger partial charge in [0.05, 0.1) is 28.4 Å². The maximum atomic E-state index is 12.3. The molecule has 10 nitrogen and oxygen atoms in total. The number of pyridine rings is 1. The molecule has 1 N–H and O–H groups in total. The number of nitrogens with one attached hydrogen (secondary N) is 1. The highest BCUT2D eigenvalue weighted by molar-refractivity contribution is 5.89. The molecule has 1 aliphatic heterocycles. The summed E-state index contributed by atoms with van der Waals surface area (Å²) in [5.41, 5.74) is 4.83. The third-order valence-electron chi connectivity index (χ3n) is 7.50. The van der Waals surface area contributed by atoms with Crippen LogP contribution >= 0.6 is 0 Å². The topological polar surface area (TPSA) is 101 Å². The van der Waals surface area contributed by atoms with Crippen LogP contribution in [0.5, 0.6) is 11.5 Å². The van der Waals surface area contributed by atoms with Gasteiger partial charge in [-0.2, -0.15) is 0 Å². The molecular weight excluding hydrogens is 516 g/mol. The van der Waals surface area contributed by atoms with Gasteiger partial charge in [0, 0.05) is 38.4 Å². The number of fused-ring (bicyclic) bond motifs is 2. The summed E-state index contributed by atoms with van der Waals surface area (Å²) in [6, 6.07) is 15.7. The van der Waals surface area contributed by atoms with Crippen molar-refractivity contribution in [3.05, 3.63) is 79.4 Å². The Balaban J connectivity index is 1.23. The number of benzene rings is 2. The first kappa shape index (κ1) is 26.2. The Kier molecular flexibility index (Phi) is 6.53. The summed E-state index contributed by atoms with van der Waals surface area (Å²) in [7, 11) is 1.97. The van der Waals surface area contributed by atoms with E-state index in [4.69, 9.17) is 9.72 Å². The summed E-state index contributed by atoms with van der Waals surface area (Å²) in [5.74, 6) is 2.87. The Bertz CT molecular complexity index is 1790. The number of hydrogen-bond acceptors (Lipinski definition) is 8. The van der Waals surface area contributed by atoms with Gasteiger partial charge in [-0.05, 0) is 74.9 Å². The Morgan fingerprint density at radius 2 is 1.90 bits per heavy atom. The molecule has 208 valence electrons. The van der Waals surface area contributed by atoms with E-state index < -0.39 is 0 Å². The predicted octanol–water partition coefficient (Wildman–Crippen LogP) is 5.37. The number of rotatable bonds is 6. The first-order valence-corrected chi connectivity index (χ1v) is 13.5. The Morgan fingerprint density at radius 3 is 2.68 bits per heavy atom. The highest BCUT2D eigenvalue weighted by atomic mass is 16.5. The summed E-state index contributed by atoms with van der Waals surface area (Å²) in [5, 5.41) is 3.42. The van der Waals surface area contributed by atoms with E-state index in [1.807, 2.05) is 72.0 Å². The average molecular weight is 549 g/mol. The first-order valence-electron chi connectivity index (χ1n) is 13.5. The zero-order valence-electron chi connectivity index (χ0n) is 23.6. The molecule has 4 heterocycles. The van der Waals surface area contributed by atoms with Crippen LogP contribution in [0, 0.1) is 6.92 Å². The highest BCUT2D eigenvalue weighted by Gasteiger charge is 2.36. The number of anilines is 3. The minimum absolute atomic E-state index is 0.0537. The van der Waals surface area contributed by atoms with Crippen LogP contribution in [0.3, 0.4) is 0 Å². The standard InChI is InChI=1S/C31H32N8O2/c1-6-28(40)39-14-13-38(17-31(39,3)4)27-12-9-23-29(36-27)30(33-18-32-23)35-21-7-11-26(20(2)15-21)41-22-8-10-25-24(16-22)34-19-37(25)5/h6-12,15-16,18-19H,1,13-14,17H2,2-5H3,(H,32,33,35). The van der Waals surface area contributed by atoms with Crippen molar-refractivity contribution in [3.63, 3.8) is 0 Å². The molecule has 0 radical (unpaired) electrons. The number of amides is 1. The van der Waals surface area contributed by atoms with Crippen LogP contribution in [0.1, 0.15) is 19.4 Å². The molecule has 0 bridgehead atoms. The predicted molar refractivity (Wildman–Crippen MR) is 161 cm³/mol. The Labute approximate surface area is 238 Å². The zero-order valence-corrected chi connectivity index (χ0v) is 23.6. The van der Waals surface area contributed by atoms with Crippen LogP contribution in [-0.4, -0.2) is 60.5 Å². The number of aromatic nitrogens is 5. The smallest absolute Gasteiger partial charge is 0.246 e. The molecule has 1 aliphatic rings. The molecule has 3 aromatic heterocycles. The number of hydrogen-bond donors (Lipinski definition) is 1. The van der Waals surface area contributed by atoms with Gasteiger partial charge in [-0.15, -0.1) is 0 Å². The van der Waals surface area contributed by atoms with Crippen LogP contribution in [-0.2, 0) is 11.8 Å². The summed E-state index contributed by atoms with van der Waals surface area (Å²) in [4.78, 5) is 34.7. The van der Waals surface area contributed by atoms with Gasteiger partial charge in [0.15, 0.2) is 5.82 Å². The fourth-order valence-corrected chi connectivity index (χ4v) is 5.35. The molecule has 1 saturated heterocycles. The number of carbonyl (C=O) groups excluding carboxylic acids is 1. The lowest BCUT2D eigenvalue weighted by Gasteiger charge is -2.47. The van der Waals surface area contributed by atoms with Gasteiger partial charge in [-0.25, -0.2) is 19.9 Å². The second-order valence-electron chi connectivity index (χ2n) is 10.9. The molecule has 0 unspecified atom stereocenters. The van der Waals surface area contributed by atoms with E-state index in [-0.39, 0.29) is 11.4 Å². The van der Waals surface area contributed by atoms with Gasteiger partial charge in [0.25, 0.3) is 0 Å². The van der Waals surface area contributed by atoms with Crippen LogP contribution < -0.4 is 15.0 Å². The van der Waals surface area contributed by atoms with Gasteiger partial charge in [-0.1, -0.05) is 6.58 Å². The van der Waals surface area contributed by atoms with Gasteiger partial charge >= 0.3 is 0 Å². The molecule has 0 spiro atoms. The van der Waals surface area contributed by atoms with E-state index in [0.717, 1.165) is 45.1 Å². The van der Waals surface area contributed by atoms with Crippen molar-refractivity contribution in [2.24, 2.45) is 7.05 Å². The minimum atomic E-state index is -0.362. The van der Waals surface area contributed by atoms with Gasteiger partial charge < -0.3 is 24.4 Å².